The number of nitrogens with one attached hydrogen (secondary N) is 2. The molecule has 0 radical (unpaired) electrons. The first-order valence-electron chi connectivity index (χ1n) is 9.71. The molecule has 3 aromatic heterocycles. The summed E-state index contributed by atoms with van der Waals surface area (Å²) < 4.78 is 15.0. The van der Waals surface area contributed by atoms with Gasteiger partial charge in [-0.1, -0.05) is 24.3 Å². The number of carbonyl (C=O) groups is 2. The highest BCUT2D eigenvalue weighted by molar-refractivity contribution is 5.95. The zero-order valence-corrected chi connectivity index (χ0v) is 16.8. The Morgan fingerprint density at radius 2 is 1.84 bits per heavy atom. The van der Waals surface area contributed by atoms with E-state index in [0.29, 0.717) is 16.9 Å². The van der Waals surface area contributed by atoms with Gasteiger partial charge in [-0.2, -0.15) is 0 Å². The average Bonchev–Trinajstić information content (AvgIpc) is 3.23. The second-order valence-corrected chi connectivity index (χ2v) is 7.04. The van der Waals surface area contributed by atoms with Gasteiger partial charge in [0.25, 0.3) is 11.8 Å². The topological polar surface area (TPSA) is 88.4 Å². The molecule has 0 saturated carbocycles. The lowest BCUT2D eigenvalue weighted by atomic mass is 10.1. The smallest absolute Gasteiger partial charge is 0.271 e. The molecule has 0 fully saturated rings. The molecule has 0 aliphatic heterocycles. The van der Waals surface area contributed by atoms with Gasteiger partial charge in [0.05, 0.1) is 12.2 Å². The Morgan fingerprint density at radius 3 is 2.61 bits per heavy atom. The standard InChI is InChI=1S/C23H20FN5O2/c1-15-11-16(8-9-18(15)24)12-26-22(30)19-14-29-20(6-4-7-21(29)28-19)23(31)27-13-17-5-2-3-10-25-17/h2-11,14H,12-13H2,1H3,(H,26,30)(H,27,31). The Bertz CT molecular complexity index is 1250. The molecule has 156 valence electrons. The van der Waals surface area contributed by atoms with Gasteiger partial charge in [0.15, 0.2) is 0 Å². The van der Waals surface area contributed by atoms with Crippen LogP contribution in [-0.2, 0) is 13.1 Å². The number of hydrogen-bond donors (Lipinski definition) is 2. The van der Waals surface area contributed by atoms with Crippen molar-refractivity contribution in [3.05, 3.63) is 101 Å². The Kier molecular flexibility index (Phi) is 5.70. The monoisotopic (exact) mass is 417 g/mol. The van der Waals surface area contributed by atoms with Crippen LogP contribution in [0.15, 0.2) is 67.0 Å². The van der Waals surface area contributed by atoms with Gasteiger partial charge < -0.3 is 10.6 Å². The van der Waals surface area contributed by atoms with E-state index in [2.05, 4.69) is 20.6 Å². The quantitative estimate of drug-likeness (QED) is 0.505. The number of aromatic nitrogens is 3. The molecule has 0 unspecified atom stereocenters. The number of rotatable bonds is 6. The first-order valence-corrected chi connectivity index (χ1v) is 9.71. The maximum atomic E-state index is 13.4. The number of pyridine rings is 2. The molecule has 31 heavy (non-hydrogen) atoms. The van der Waals surface area contributed by atoms with Crippen LogP contribution in [0.2, 0.25) is 0 Å². The summed E-state index contributed by atoms with van der Waals surface area (Å²) in [6.45, 7) is 2.20. The molecule has 1 aromatic carbocycles. The zero-order valence-electron chi connectivity index (χ0n) is 16.8. The fraction of sp³-hybridized carbons (Fsp3) is 0.130. The Labute approximate surface area is 178 Å². The summed E-state index contributed by atoms with van der Waals surface area (Å²) in [5.74, 6) is -0.975. The van der Waals surface area contributed by atoms with Gasteiger partial charge in [0.2, 0.25) is 0 Å². The highest BCUT2D eigenvalue weighted by atomic mass is 19.1. The summed E-state index contributed by atoms with van der Waals surface area (Å²) in [5, 5.41) is 5.59. The van der Waals surface area contributed by atoms with Crippen molar-refractivity contribution in [2.24, 2.45) is 0 Å². The lowest BCUT2D eigenvalue weighted by molar-refractivity contribution is 0.0935. The fourth-order valence-corrected chi connectivity index (χ4v) is 3.16. The lowest BCUT2D eigenvalue weighted by Crippen LogP contribution is -2.25. The minimum absolute atomic E-state index is 0.184. The van der Waals surface area contributed by atoms with Gasteiger partial charge in [-0.25, -0.2) is 9.37 Å². The summed E-state index contributed by atoms with van der Waals surface area (Å²) >= 11 is 0. The van der Waals surface area contributed by atoms with Crippen molar-refractivity contribution in [2.45, 2.75) is 20.0 Å². The molecule has 4 aromatic rings. The molecule has 4 rings (SSSR count). The van der Waals surface area contributed by atoms with E-state index in [0.717, 1.165) is 11.3 Å². The van der Waals surface area contributed by atoms with Gasteiger partial charge in [-0.15, -0.1) is 0 Å². The summed E-state index contributed by atoms with van der Waals surface area (Å²) in [5.41, 5.74) is 3.06. The van der Waals surface area contributed by atoms with Gasteiger partial charge in [0, 0.05) is 18.9 Å². The van der Waals surface area contributed by atoms with Gasteiger partial charge >= 0.3 is 0 Å². The van der Waals surface area contributed by atoms with Crippen LogP contribution in [0.3, 0.4) is 0 Å². The van der Waals surface area contributed by atoms with Gasteiger partial charge in [-0.05, 0) is 48.4 Å². The molecule has 0 atom stereocenters. The van der Waals surface area contributed by atoms with E-state index in [4.69, 9.17) is 0 Å². The molecule has 2 amide bonds. The first-order chi connectivity index (χ1) is 15.0. The first kappa shape index (κ1) is 20.2. The highest BCUT2D eigenvalue weighted by Crippen LogP contribution is 2.12. The van der Waals surface area contributed by atoms with E-state index in [1.54, 1.807) is 53.9 Å². The highest BCUT2D eigenvalue weighted by Gasteiger charge is 2.15. The number of imidazole rings is 1. The van der Waals surface area contributed by atoms with Crippen LogP contribution < -0.4 is 10.6 Å². The number of benzene rings is 1. The van der Waals surface area contributed by atoms with Crippen LogP contribution in [0.4, 0.5) is 4.39 Å². The molecule has 2 N–H and O–H groups in total. The molecule has 0 bridgehead atoms. The second-order valence-electron chi connectivity index (χ2n) is 7.04. The van der Waals surface area contributed by atoms with Crippen molar-refractivity contribution in [2.75, 3.05) is 0 Å². The number of nitrogens with zero attached hydrogens (tertiary/aromatic N) is 3. The van der Waals surface area contributed by atoms with Crippen LogP contribution in [0.1, 0.15) is 37.8 Å². The molecular weight excluding hydrogens is 397 g/mol. The van der Waals surface area contributed by atoms with E-state index >= 15 is 0 Å². The van der Waals surface area contributed by atoms with Crippen LogP contribution in [0, 0.1) is 12.7 Å². The fourth-order valence-electron chi connectivity index (χ4n) is 3.16. The number of amides is 2. The second kappa shape index (κ2) is 8.74. The Hall–Kier alpha value is -4.07. The normalized spacial score (nSPS) is 10.8. The molecule has 0 aliphatic rings. The molecule has 0 saturated heterocycles. The minimum atomic E-state index is -0.384. The molecule has 7 nitrogen and oxygen atoms in total. The van der Waals surface area contributed by atoms with E-state index in [9.17, 15) is 14.0 Å². The van der Waals surface area contributed by atoms with E-state index in [-0.39, 0.29) is 36.4 Å². The van der Waals surface area contributed by atoms with E-state index < -0.39 is 0 Å². The van der Waals surface area contributed by atoms with Crippen molar-refractivity contribution in [1.29, 1.82) is 0 Å². The minimum Gasteiger partial charge on any atom is -0.347 e. The zero-order chi connectivity index (χ0) is 21.8. The van der Waals surface area contributed by atoms with Crippen molar-refractivity contribution in [3.8, 4) is 0 Å². The van der Waals surface area contributed by atoms with Crippen molar-refractivity contribution < 1.29 is 14.0 Å². The molecule has 0 aliphatic carbocycles. The number of hydrogen-bond acceptors (Lipinski definition) is 4. The number of halogens is 1. The summed E-state index contributed by atoms with van der Waals surface area (Å²) in [6.07, 6.45) is 3.19. The van der Waals surface area contributed by atoms with E-state index in [1.165, 1.54) is 12.3 Å². The largest absolute Gasteiger partial charge is 0.347 e. The maximum absolute atomic E-state index is 13.4. The molecule has 0 spiro atoms. The van der Waals surface area contributed by atoms with E-state index in [1.807, 2.05) is 12.1 Å². The van der Waals surface area contributed by atoms with Crippen LogP contribution in [0.25, 0.3) is 5.65 Å². The average molecular weight is 417 g/mol. The molecule has 8 heteroatoms. The Balaban J connectivity index is 1.47. The van der Waals surface area contributed by atoms with Gasteiger partial charge in [0.1, 0.15) is 22.9 Å². The van der Waals surface area contributed by atoms with Crippen molar-refractivity contribution in [3.63, 3.8) is 0 Å². The van der Waals surface area contributed by atoms with Crippen LogP contribution in [-0.4, -0.2) is 26.2 Å². The number of aryl methyl sites for hydroxylation is 1. The predicted octanol–water partition coefficient (Wildman–Crippen LogP) is 3.04. The third kappa shape index (κ3) is 4.58. The third-order valence-corrected chi connectivity index (χ3v) is 4.79. The summed E-state index contributed by atoms with van der Waals surface area (Å²) in [7, 11) is 0. The van der Waals surface area contributed by atoms with Crippen molar-refractivity contribution >= 4 is 17.5 Å². The molecular formula is C23H20FN5O2. The van der Waals surface area contributed by atoms with Crippen LogP contribution in [0.5, 0.6) is 0 Å². The summed E-state index contributed by atoms with van der Waals surface area (Å²) in [4.78, 5) is 33.7. The Morgan fingerprint density at radius 1 is 1.00 bits per heavy atom. The maximum Gasteiger partial charge on any atom is 0.271 e. The van der Waals surface area contributed by atoms with Gasteiger partial charge in [-0.3, -0.25) is 19.0 Å². The van der Waals surface area contributed by atoms with Crippen molar-refractivity contribution in [1.82, 2.24) is 25.0 Å². The predicted molar refractivity (Wildman–Crippen MR) is 113 cm³/mol. The summed E-state index contributed by atoms with van der Waals surface area (Å²) in [6, 6.07) is 15.2. The third-order valence-electron chi connectivity index (χ3n) is 4.79. The molecule has 3 heterocycles. The van der Waals surface area contributed by atoms with Crippen LogP contribution >= 0.6 is 0 Å². The number of fused-ring (bicyclic) bond motifs is 1. The SMILES string of the molecule is Cc1cc(CNC(=O)c2cn3c(C(=O)NCc4ccccn4)cccc3n2)ccc1F. The lowest BCUT2D eigenvalue weighted by Gasteiger charge is -2.07. The number of carbonyl (C=O) groups excluding carboxylic acids is 2.